The summed E-state index contributed by atoms with van der Waals surface area (Å²) >= 11 is 0. The summed E-state index contributed by atoms with van der Waals surface area (Å²) in [7, 11) is 0. The Labute approximate surface area is 192 Å². The minimum atomic E-state index is -0.0414. The highest BCUT2D eigenvalue weighted by Gasteiger charge is 2.23. The van der Waals surface area contributed by atoms with Gasteiger partial charge in [-0.3, -0.25) is 23.5 Å². The van der Waals surface area contributed by atoms with Gasteiger partial charge >= 0.3 is 0 Å². The Kier molecular flexibility index (Phi) is 5.68. The number of aryl methyl sites for hydroxylation is 2. The zero-order valence-electron chi connectivity index (χ0n) is 19.1. The molecular weight excluding hydrogens is 416 g/mol. The van der Waals surface area contributed by atoms with Gasteiger partial charge in [-0.1, -0.05) is 42.0 Å². The first kappa shape index (κ1) is 21.3. The summed E-state index contributed by atoms with van der Waals surface area (Å²) < 4.78 is 3.66. The lowest BCUT2D eigenvalue weighted by atomic mass is 10.1. The van der Waals surface area contributed by atoms with E-state index in [9.17, 15) is 9.59 Å². The van der Waals surface area contributed by atoms with Crippen LogP contribution in [0.15, 0.2) is 53.3 Å². The van der Waals surface area contributed by atoms with E-state index < -0.39 is 0 Å². The van der Waals surface area contributed by atoms with Gasteiger partial charge < -0.3 is 4.90 Å². The van der Waals surface area contributed by atoms with Gasteiger partial charge in [-0.25, -0.2) is 0 Å². The molecule has 1 saturated heterocycles. The van der Waals surface area contributed by atoms with Crippen molar-refractivity contribution in [2.75, 3.05) is 26.2 Å². The molecule has 0 unspecified atom stereocenters. The Balaban J connectivity index is 1.31. The fourth-order valence-corrected chi connectivity index (χ4v) is 4.55. The van der Waals surface area contributed by atoms with E-state index in [1.54, 1.807) is 4.57 Å². The summed E-state index contributed by atoms with van der Waals surface area (Å²) in [4.78, 5) is 29.8. The molecule has 4 aromatic rings. The molecule has 0 spiro atoms. The van der Waals surface area contributed by atoms with Crippen LogP contribution in [0.1, 0.15) is 23.9 Å². The number of carbonyl (C=O) groups is 1. The Morgan fingerprint density at radius 1 is 0.970 bits per heavy atom. The number of piperazine rings is 1. The molecule has 33 heavy (non-hydrogen) atoms. The van der Waals surface area contributed by atoms with Crippen LogP contribution < -0.4 is 5.56 Å². The van der Waals surface area contributed by atoms with Crippen molar-refractivity contribution < 1.29 is 4.79 Å². The van der Waals surface area contributed by atoms with Crippen LogP contribution in [0.3, 0.4) is 0 Å². The van der Waals surface area contributed by atoms with Gasteiger partial charge in [0.05, 0.1) is 23.9 Å². The second-order valence-electron chi connectivity index (χ2n) is 8.64. The number of fused-ring (bicyclic) bond motifs is 3. The van der Waals surface area contributed by atoms with Crippen molar-refractivity contribution in [3.8, 4) is 0 Å². The van der Waals surface area contributed by atoms with E-state index in [1.165, 1.54) is 5.56 Å². The highest BCUT2D eigenvalue weighted by atomic mass is 16.2. The second kappa shape index (κ2) is 8.78. The number of amides is 1. The fraction of sp³-hybridized carbons (Fsp3) is 0.360. The first-order valence-corrected chi connectivity index (χ1v) is 11.5. The summed E-state index contributed by atoms with van der Waals surface area (Å²) in [5, 5.41) is 9.45. The molecule has 0 saturated carbocycles. The van der Waals surface area contributed by atoms with Crippen molar-refractivity contribution in [2.24, 2.45) is 0 Å². The molecule has 3 heterocycles. The largest absolute Gasteiger partial charge is 0.340 e. The first-order chi connectivity index (χ1) is 16.0. The molecule has 8 nitrogen and oxygen atoms in total. The molecule has 2 aromatic carbocycles. The number of nitrogens with zero attached hydrogens (tertiary/aromatic N) is 6. The van der Waals surface area contributed by atoms with Crippen molar-refractivity contribution >= 4 is 22.6 Å². The maximum atomic E-state index is 12.9. The maximum Gasteiger partial charge on any atom is 0.262 e. The molecular formula is C25H28N6O2. The van der Waals surface area contributed by atoms with Crippen molar-refractivity contribution in [3.63, 3.8) is 0 Å². The van der Waals surface area contributed by atoms with Crippen LogP contribution in [0.5, 0.6) is 0 Å². The number of para-hydroxylation sites is 1. The molecule has 170 valence electrons. The third kappa shape index (κ3) is 4.02. The minimum Gasteiger partial charge on any atom is -0.340 e. The molecule has 0 atom stereocenters. The standard InChI is InChI=1S/C25H28N6O2/c1-3-30-24(33)20-6-4-5-7-21(20)31-22(26-27-25(30)31)17-28-12-14-29(15-13-28)23(32)16-19-10-8-18(2)9-11-19/h4-11H,3,12-17H2,1-2H3. The lowest BCUT2D eigenvalue weighted by Crippen LogP contribution is -2.48. The van der Waals surface area contributed by atoms with Crippen LogP contribution >= 0.6 is 0 Å². The van der Waals surface area contributed by atoms with Gasteiger partial charge in [-0.2, -0.15) is 0 Å². The molecule has 1 aliphatic heterocycles. The highest BCUT2D eigenvalue weighted by Crippen LogP contribution is 2.17. The van der Waals surface area contributed by atoms with Gasteiger partial charge in [-0.05, 0) is 31.5 Å². The number of benzene rings is 2. The summed E-state index contributed by atoms with van der Waals surface area (Å²) in [6, 6.07) is 15.8. The van der Waals surface area contributed by atoms with Gasteiger partial charge in [0.1, 0.15) is 0 Å². The average Bonchev–Trinajstić information content (AvgIpc) is 3.25. The van der Waals surface area contributed by atoms with Crippen LogP contribution in [0.2, 0.25) is 0 Å². The molecule has 0 N–H and O–H groups in total. The lowest BCUT2D eigenvalue weighted by Gasteiger charge is -2.34. The smallest absolute Gasteiger partial charge is 0.262 e. The Morgan fingerprint density at radius 3 is 2.42 bits per heavy atom. The quantitative estimate of drug-likeness (QED) is 0.472. The van der Waals surface area contributed by atoms with E-state index in [4.69, 9.17) is 0 Å². The highest BCUT2D eigenvalue weighted by molar-refractivity contribution is 5.80. The SMILES string of the molecule is CCn1c(=O)c2ccccc2n2c(CN3CCN(C(=O)Cc4ccc(C)cc4)CC3)nnc12. The molecule has 0 bridgehead atoms. The Hall–Kier alpha value is -3.52. The Morgan fingerprint density at radius 2 is 1.70 bits per heavy atom. The normalized spacial score (nSPS) is 14.9. The molecule has 0 aliphatic carbocycles. The van der Waals surface area contributed by atoms with Gasteiger partial charge in [0.2, 0.25) is 11.7 Å². The number of hydrogen-bond donors (Lipinski definition) is 0. The van der Waals surface area contributed by atoms with Crippen molar-refractivity contribution in [1.82, 2.24) is 29.0 Å². The van der Waals surface area contributed by atoms with Crippen LogP contribution in [0.4, 0.5) is 0 Å². The van der Waals surface area contributed by atoms with E-state index in [-0.39, 0.29) is 11.5 Å². The zero-order chi connectivity index (χ0) is 22.9. The molecule has 1 fully saturated rings. The molecule has 8 heteroatoms. The van der Waals surface area contributed by atoms with Gasteiger partial charge in [-0.15, -0.1) is 10.2 Å². The van der Waals surface area contributed by atoms with Crippen molar-refractivity contribution in [3.05, 3.63) is 75.8 Å². The van der Waals surface area contributed by atoms with Gasteiger partial charge in [0.25, 0.3) is 5.56 Å². The summed E-state index contributed by atoms with van der Waals surface area (Å²) in [5.41, 5.74) is 3.04. The topological polar surface area (TPSA) is 75.7 Å². The predicted octanol–water partition coefficient (Wildman–Crippen LogP) is 2.26. The van der Waals surface area contributed by atoms with E-state index in [0.29, 0.717) is 43.8 Å². The van der Waals surface area contributed by atoms with E-state index in [2.05, 4.69) is 15.1 Å². The Bertz CT molecular complexity index is 1360. The van der Waals surface area contributed by atoms with E-state index >= 15 is 0 Å². The van der Waals surface area contributed by atoms with Gasteiger partial charge in [0, 0.05) is 32.7 Å². The summed E-state index contributed by atoms with van der Waals surface area (Å²) in [6.07, 6.45) is 0.440. The van der Waals surface area contributed by atoms with Gasteiger partial charge in [0.15, 0.2) is 5.82 Å². The molecule has 0 radical (unpaired) electrons. The number of aromatic nitrogens is 4. The monoisotopic (exact) mass is 444 g/mol. The third-order valence-corrected chi connectivity index (χ3v) is 6.46. The lowest BCUT2D eigenvalue weighted by molar-refractivity contribution is -0.132. The molecule has 2 aromatic heterocycles. The van der Waals surface area contributed by atoms with Crippen molar-refractivity contribution in [1.29, 1.82) is 0 Å². The summed E-state index contributed by atoms with van der Waals surface area (Å²) in [6.45, 7) is 8.09. The van der Waals surface area contributed by atoms with E-state index in [1.807, 2.05) is 71.7 Å². The van der Waals surface area contributed by atoms with Crippen LogP contribution in [0.25, 0.3) is 16.7 Å². The minimum absolute atomic E-state index is 0.0414. The predicted molar refractivity (Wildman–Crippen MR) is 127 cm³/mol. The van der Waals surface area contributed by atoms with Crippen LogP contribution in [-0.4, -0.2) is 61.1 Å². The molecule has 1 aliphatic rings. The maximum absolute atomic E-state index is 12.9. The third-order valence-electron chi connectivity index (χ3n) is 6.46. The fourth-order valence-electron chi connectivity index (χ4n) is 4.55. The number of carbonyl (C=O) groups excluding carboxylic acids is 1. The summed E-state index contributed by atoms with van der Waals surface area (Å²) in [5.74, 6) is 1.55. The van der Waals surface area contributed by atoms with Crippen molar-refractivity contribution in [2.45, 2.75) is 33.4 Å². The zero-order valence-corrected chi connectivity index (χ0v) is 19.1. The first-order valence-electron chi connectivity index (χ1n) is 11.5. The number of hydrogen-bond acceptors (Lipinski definition) is 5. The average molecular weight is 445 g/mol. The molecule has 5 rings (SSSR count). The number of rotatable bonds is 5. The van der Waals surface area contributed by atoms with E-state index in [0.717, 1.165) is 30.0 Å². The second-order valence-corrected chi connectivity index (χ2v) is 8.64. The van der Waals surface area contributed by atoms with Crippen LogP contribution in [-0.2, 0) is 24.3 Å². The van der Waals surface area contributed by atoms with Crippen LogP contribution in [0, 0.1) is 6.92 Å². The molecule has 1 amide bonds.